The van der Waals surface area contributed by atoms with Gasteiger partial charge >= 0.3 is 0 Å². The van der Waals surface area contributed by atoms with E-state index in [1.54, 1.807) is 0 Å². The Kier molecular flexibility index (Phi) is 7.56. The molecule has 0 heterocycles. The summed E-state index contributed by atoms with van der Waals surface area (Å²) in [6.45, 7) is 4.49. The van der Waals surface area contributed by atoms with E-state index in [-0.39, 0.29) is 0 Å². The molecule has 1 fully saturated rings. The van der Waals surface area contributed by atoms with Crippen LogP contribution in [0.25, 0.3) is 0 Å². The smallest absolute Gasteiger partial charge is 0.00718 e. The summed E-state index contributed by atoms with van der Waals surface area (Å²) < 4.78 is 0. The summed E-state index contributed by atoms with van der Waals surface area (Å²) in [6.07, 6.45) is 9.05. The van der Waals surface area contributed by atoms with Crippen molar-refractivity contribution < 1.29 is 0 Å². The van der Waals surface area contributed by atoms with Crippen LogP contribution in [-0.4, -0.2) is 43.1 Å². The first-order valence-electron chi connectivity index (χ1n) is 7.08. The van der Waals surface area contributed by atoms with Crippen LogP contribution in [-0.2, 0) is 0 Å². The zero-order chi connectivity index (χ0) is 12.7. The van der Waals surface area contributed by atoms with Crippen molar-refractivity contribution in [3.63, 3.8) is 0 Å². The van der Waals surface area contributed by atoms with Gasteiger partial charge in [-0.05, 0) is 63.6 Å². The van der Waals surface area contributed by atoms with E-state index in [2.05, 4.69) is 25.1 Å². The number of nitrogens with two attached hydrogens (primary N) is 1. The van der Waals surface area contributed by atoms with E-state index >= 15 is 0 Å². The van der Waals surface area contributed by atoms with Crippen LogP contribution < -0.4 is 5.73 Å². The second-order valence-corrected chi connectivity index (χ2v) is 6.60. The first-order valence-corrected chi connectivity index (χ1v) is 8.47. The molecular weight excluding hydrogens is 228 g/mol. The van der Waals surface area contributed by atoms with Gasteiger partial charge in [0.15, 0.2) is 0 Å². The quantitative estimate of drug-likeness (QED) is 0.761. The minimum Gasteiger partial charge on any atom is -0.330 e. The van der Waals surface area contributed by atoms with Crippen LogP contribution in [0.2, 0.25) is 0 Å². The first-order chi connectivity index (χ1) is 8.19. The van der Waals surface area contributed by atoms with Gasteiger partial charge in [-0.15, -0.1) is 0 Å². The Balaban J connectivity index is 2.34. The fourth-order valence-electron chi connectivity index (χ4n) is 2.89. The Hall–Kier alpha value is 0.270. The molecule has 0 spiro atoms. The van der Waals surface area contributed by atoms with E-state index < -0.39 is 0 Å². The third-order valence-corrected chi connectivity index (χ3v) is 5.03. The Bertz CT molecular complexity index is 199. The van der Waals surface area contributed by atoms with E-state index in [0.29, 0.717) is 6.04 Å². The molecule has 0 aromatic carbocycles. The number of nitrogens with zero attached hydrogens (tertiary/aromatic N) is 1. The number of hydrogen-bond donors (Lipinski definition) is 1. The highest BCUT2D eigenvalue weighted by Crippen LogP contribution is 2.30. The molecule has 0 amide bonds. The van der Waals surface area contributed by atoms with Gasteiger partial charge in [-0.2, -0.15) is 11.8 Å². The maximum absolute atomic E-state index is 5.90. The molecule has 1 saturated carbocycles. The van der Waals surface area contributed by atoms with Crippen molar-refractivity contribution in [3.8, 4) is 0 Å². The fraction of sp³-hybridized carbons (Fsp3) is 1.00. The van der Waals surface area contributed by atoms with E-state index in [1.807, 2.05) is 11.8 Å². The highest BCUT2D eigenvalue weighted by atomic mass is 32.2. The molecule has 17 heavy (non-hydrogen) atoms. The van der Waals surface area contributed by atoms with Crippen LogP contribution in [0.4, 0.5) is 0 Å². The van der Waals surface area contributed by atoms with Crippen molar-refractivity contribution in [2.24, 2.45) is 17.6 Å². The van der Waals surface area contributed by atoms with Crippen molar-refractivity contribution in [1.29, 1.82) is 0 Å². The maximum Gasteiger partial charge on any atom is 0.00718 e. The van der Waals surface area contributed by atoms with Crippen molar-refractivity contribution in [2.45, 2.75) is 45.1 Å². The molecule has 102 valence electrons. The molecule has 0 radical (unpaired) electrons. The summed E-state index contributed by atoms with van der Waals surface area (Å²) >= 11 is 1.95. The molecule has 0 saturated heterocycles. The van der Waals surface area contributed by atoms with Gasteiger partial charge in [-0.1, -0.05) is 12.8 Å². The monoisotopic (exact) mass is 258 g/mol. The number of thioether (sulfide) groups is 1. The van der Waals surface area contributed by atoms with Crippen LogP contribution in [0.5, 0.6) is 0 Å². The van der Waals surface area contributed by atoms with Crippen molar-refractivity contribution in [2.75, 3.05) is 32.1 Å². The molecule has 0 aromatic heterocycles. The van der Waals surface area contributed by atoms with Gasteiger partial charge in [0.05, 0.1) is 0 Å². The third-order valence-electron chi connectivity index (χ3n) is 4.38. The topological polar surface area (TPSA) is 29.3 Å². The Morgan fingerprint density at radius 1 is 1.29 bits per heavy atom. The van der Waals surface area contributed by atoms with Gasteiger partial charge in [0.25, 0.3) is 0 Å². The second kappa shape index (κ2) is 8.39. The predicted octanol–water partition coefficient (Wildman–Crippen LogP) is 2.82. The van der Waals surface area contributed by atoms with Gasteiger partial charge < -0.3 is 10.6 Å². The van der Waals surface area contributed by atoms with Crippen molar-refractivity contribution in [3.05, 3.63) is 0 Å². The van der Waals surface area contributed by atoms with Gasteiger partial charge in [-0.3, -0.25) is 0 Å². The highest BCUT2D eigenvalue weighted by molar-refractivity contribution is 7.98. The summed E-state index contributed by atoms with van der Waals surface area (Å²) in [6, 6.07) is 0.711. The zero-order valence-corrected chi connectivity index (χ0v) is 12.6. The summed E-state index contributed by atoms with van der Waals surface area (Å²) in [5.74, 6) is 2.89. The highest BCUT2D eigenvalue weighted by Gasteiger charge is 2.25. The average Bonchev–Trinajstić information content (AvgIpc) is 2.36. The van der Waals surface area contributed by atoms with Gasteiger partial charge in [-0.25, -0.2) is 0 Å². The Morgan fingerprint density at radius 2 is 1.94 bits per heavy atom. The fourth-order valence-corrected chi connectivity index (χ4v) is 3.47. The summed E-state index contributed by atoms with van der Waals surface area (Å²) in [7, 11) is 2.28. The van der Waals surface area contributed by atoms with Crippen molar-refractivity contribution in [1.82, 2.24) is 4.90 Å². The zero-order valence-electron chi connectivity index (χ0n) is 11.8. The van der Waals surface area contributed by atoms with Gasteiger partial charge in [0.2, 0.25) is 0 Å². The molecule has 0 aromatic rings. The number of hydrogen-bond acceptors (Lipinski definition) is 3. The van der Waals surface area contributed by atoms with E-state index in [9.17, 15) is 0 Å². The van der Waals surface area contributed by atoms with Crippen LogP contribution in [0.15, 0.2) is 0 Å². The molecule has 0 aliphatic heterocycles. The molecule has 3 unspecified atom stereocenters. The normalized spacial score (nSPS) is 27.4. The molecule has 1 rings (SSSR count). The van der Waals surface area contributed by atoms with Gasteiger partial charge in [0.1, 0.15) is 0 Å². The molecule has 3 heteroatoms. The van der Waals surface area contributed by atoms with E-state index in [4.69, 9.17) is 5.73 Å². The number of rotatable bonds is 7. The van der Waals surface area contributed by atoms with Crippen LogP contribution in [0.1, 0.15) is 39.0 Å². The van der Waals surface area contributed by atoms with Gasteiger partial charge in [0, 0.05) is 12.6 Å². The molecule has 2 N–H and O–H groups in total. The van der Waals surface area contributed by atoms with Crippen LogP contribution >= 0.6 is 11.8 Å². The lowest BCUT2D eigenvalue weighted by molar-refractivity contribution is 0.146. The van der Waals surface area contributed by atoms with E-state index in [1.165, 1.54) is 44.4 Å². The third kappa shape index (κ3) is 5.19. The molecule has 3 atom stereocenters. The Labute approximate surface area is 112 Å². The minimum atomic E-state index is 0.711. The first kappa shape index (κ1) is 15.3. The lowest BCUT2D eigenvalue weighted by atomic mass is 9.79. The molecular formula is C14H30N2S. The van der Waals surface area contributed by atoms with Crippen molar-refractivity contribution >= 4 is 11.8 Å². The summed E-state index contributed by atoms with van der Waals surface area (Å²) in [4.78, 5) is 2.55. The lowest BCUT2D eigenvalue weighted by Gasteiger charge is -2.35. The minimum absolute atomic E-state index is 0.711. The second-order valence-electron chi connectivity index (χ2n) is 5.61. The Morgan fingerprint density at radius 3 is 2.53 bits per heavy atom. The lowest BCUT2D eigenvalue weighted by Crippen LogP contribution is -2.39. The van der Waals surface area contributed by atoms with E-state index in [0.717, 1.165) is 18.4 Å². The van der Waals surface area contributed by atoms with Crippen LogP contribution in [0, 0.1) is 11.8 Å². The summed E-state index contributed by atoms with van der Waals surface area (Å²) in [5.41, 5.74) is 5.90. The summed E-state index contributed by atoms with van der Waals surface area (Å²) in [5, 5.41) is 0. The average molecular weight is 258 g/mol. The molecule has 0 bridgehead atoms. The molecule has 2 nitrogen and oxygen atoms in total. The molecule has 1 aliphatic carbocycles. The maximum atomic E-state index is 5.90. The standard InChI is InChI=1S/C14H30N2S/c1-12(8-9-17-3)16(2)11-14-7-5-4-6-13(14)10-15/h12-14H,4-11,15H2,1-3H3. The SMILES string of the molecule is CSCCC(C)N(C)CC1CCCCC1CN. The predicted molar refractivity (Wildman–Crippen MR) is 79.6 cm³/mol. The molecule has 1 aliphatic rings. The largest absolute Gasteiger partial charge is 0.330 e. The van der Waals surface area contributed by atoms with Crippen LogP contribution in [0.3, 0.4) is 0 Å².